The van der Waals surface area contributed by atoms with E-state index in [-0.39, 0.29) is 5.91 Å². The van der Waals surface area contributed by atoms with Crippen molar-refractivity contribution in [1.29, 1.82) is 0 Å². The highest BCUT2D eigenvalue weighted by Crippen LogP contribution is 2.20. The zero-order chi connectivity index (χ0) is 17.9. The predicted octanol–water partition coefficient (Wildman–Crippen LogP) is 2.82. The van der Waals surface area contributed by atoms with E-state index in [1.807, 2.05) is 37.3 Å². The third kappa shape index (κ3) is 3.15. The fourth-order valence-electron chi connectivity index (χ4n) is 3.13. The summed E-state index contributed by atoms with van der Waals surface area (Å²) in [4.78, 5) is 23.6. The highest BCUT2D eigenvalue weighted by molar-refractivity contribution is 6.04. The quantitative estimate of drug-likeness (QED) is 0.785. The minimum atomic E-state index is -0.208. The van der Waals surface area contributed by atoms with Crippen molar-refractivity contribution < 1.29 is 4.79 Å². The molecule has 1 aliphatic rings. The van der Waals surface area contributed by atoms with Crippen LogP contribution in [0.1, 0.15) is 28.9 Å². The van der Waals surface area contributed by atoms with E-state index in [9.17, 15) is 4.79 Å². The summed E-state index contributed by atoms with van der Waals surface area (Å²) in [5, 5.41) is 7.17. The molecule has 1 fully saturated rings. The Hall–Kier alpha value is -3.22. The van der Waals surface area contributed by atoms with E-state index in [0.717, 1.165) is 24.6 Å². The Morgan fingerprint density at radius 1 is 1.04 bits per heavy atom. The molecule has 0 aliphatic carbocycles. The van der Waals surface area contributed by atoms with Crippen molar-refractivity contribution in [2.75, 3.05) is 23.3 Å². The van der Waals surface area contributed by atoms with Crippen LogP contribution >= 0.6 is 0 Å². The summed E-state index contributed by atoms with van der Waals surface area (Å²) in [6.45, 7) is 3.94. The minimum absolute atomic E-state index is 0.208. The largest absolute Gasteiger partial charge is 0.357 e. The molecule has 0 bridgehead atoms. The molecule has 3 aromatic rings. The molecule has 1 N–H and O–H groups in total. The van der Waals surface area contributed by atoms with Crippen molar-refractivity contribution in [1.82, 2.24) is 19.7 Å². The number of carbonyl (C=O) groups is 1. The van der Waals surface area contributed by atoms with Gasteiger partial charge in [0.05, 0.1) is 29.3 Å². The van der Waals surface area contributed by atoms with Gasteiger partial charge >= 0.3 is 0 Å². The standard InChI is InChI=1S/C19H20N6O/c1-14-16(13-22-25(14)18-6-2-3-9-20-18)19(26)23-15-7-8-17(21-12-15)24-10-4-5-11-24/h2-3,6-9,12-13H,4-5,10-11H2,1H3,(H,23,26). The minimum Gasteiger partial charge on any atom is -0.357 e. The molecule has 1 amide bonds. The maximum absolute atomic E-state index is 12.6. The Morgan fingerprint density at radius 2 is 1.88 bits per heavy atom. The summed E-state index contributed by atoms with van der Waals surface area (Å²) in [6, 6.07) is 9.41. The second-order valence-electron chi connectivity index (χ2n) is 6.30. The van der Waals surface area contributed by atoms with E-state index < -0.39 is 0 Å². The first-order chi connectivity index (χ1) is 12.7. The summed E-state index contributed by atoms with van der Waals surface area (Å²) in [7, 11) is 0. The Kier molecular flexibility index (Phi) is 4.35. The lowest BCUT2D eigenvalue weighted by Crippen LogP contribution is -2.19. The van der Waals surface area contributed by atoms with Crippen LogP contribution in [0.5, 0.6) is 0 Å². The molecule has 0 spiro atoms. The van der Waals surface area contributed by atoms with Gasteiger partial charge in [0.1, 0.15) is 5.82 Å². The lowest BCUT2D eigenvalue weighted by Gasteiger charge is -2.16. The van der Waals surface area contributed by atoms with Gasteiger partial charge in [0, 0.05) is 19.3 Å². The van der Waals surface area contributed by atoms with Gasteiger partial charge in [-0.05, 0) is 44.0 Å². The third-order valence-electron chi connectivity index (χ3n) is 4.56. The SMILES string of the molecule is Cc1c(C(=O)Nc2ccc(N3CCCC3)nc2)cnn1-c1ccccn1. The zero-order valence-electron chi connectivity index (χ0n) is 14.6. The van der Waals surface area contributed by atoms with E-state index in [1.54, 1.807) is 23.3 Å². The summed E-state index contributed by atoms with van der Waals surface area (Å²) >= 11 is 0. The van der Waals surface area contributed by atoms with Crippen molar-refractivity contribution in [3.05, 3.63) is 60.2 Å². The number of aromatic nitrogens is 4. The molecular weight excluding hydrogens is 328 g/mol. The number of hydrogen-bond acceptors (Lipinski definition) is 5. The Morgan fingerprint density at radius 3 is 2.58 bits per heavy atom. The number of amides is 1. The van der Waals surface area contributed by atoms with Crippen molar-refractivity contribution in [3.63, 3.8) is 0 Å². The van der Waals surface area contributed by atoms with Gasteiger partial charge in [-0.1, -0.05) is 6.07 Å². The normalized spacial score (nSPS) is 13.8. The molecule has 0 unspecified atom stereocenters. The first-order valence-electron chi connectivity index (χ1n) is 8.71. The summed E-state index contributed by atoms with van der Waals surface area (Å²) in [6.07, 6.45) is 7.37. The number of carbonyl (C=O) groups excluding carboxylic acids is 1. The number of anilines is 2. The third-order valence-corrected chi connectivity index (χ3v) is 4.56. The molecule has 3 aromatic heterocycles. The molecular formula is C19H20N6O. The van der Waals surface area contributed by atoms with Gasteiger partial charge < -0.3 is 10.2 Å². The molecule has 0 saturated carbocycles. The maximum atomic E-state index is 12.6. The molecule has 132 valence electrons. The average Bonchev–Trinajstić information content (AvgIpc) is 3.33. The number of hydrogen-bond donors (Lipinski definition) is 1. The molecule has 1 aliphatic heterocycles. The van der Waals surface area contributed by atoms with Crippen molar-refractivity contribution in [2.24, 2.45) is 0 Å². The van der Waals surface area contributed by atoms with Crippen LogP contribution in [0.25, 0.3) is 5.82 Å². The van der Waals surface area contributed by atoms with Crippen molar-refractivity contribution in [2.45, 2.75) is 19.8 Å². The topological polar surface area (TPSA) is 75.9 Å². The van der Waals surface area contributed by atoms with Gasteiger partial charge in [0.2, 0.25) is 0 Å². The maximum Gasteiger partial charge on any atom is 0.259 e. The van der Waals surface area contributed by atoms with Crippen molar-refractivity contribution >= 4 is 17.4 Å². The summed E-state index contributed by atoms with van der Waals surface area (Å²) in [5.41, 5.74) is 1.92. The van der Waals surface area contributed by atoms with Gasteiger partial charge in [-0.2, -0.15) is 5.10 Å². The highest BCUT2D eigenvalue weighted by Gasteiger charge is 2.17. The molecule has 4 heterocycles. The highest BCUT2D eigenvalue weighted by atomic mass is 16.1. The molecule has 7 heteroatoms. The second kappa shape index (κ2) is 6.95. The Balaban J connectivity index is 1.49. The van der Waals surface area contributed by atoms with E-state index in [1.165, 1.54) is 12.8 Å². The number of pyridine rings is 2. The van der Waals surface area contributed by atoms with E-state index in [0.29, 0.717) is 17.1 Å². The van der Waals surface area contributed by atoms with Crippen LogP contribution in [0.3, 0.4) is 0 Å². The van der Waals surface area contributed by atoms with E-state index in [4.69, 9.17) is 0 Å². The van der Waals surface area contributed by atoms with E-state index in [2.05, 4.69) is 25.3 Å². The molecule has 26 heavy (non-hydrogen) atoms. The molecule has 1 saturated heterocycles. The van der Waals surface area contributed by atoms with Crippen molar-refractivity contribution in [3.8, 4) is 5.82 Å². The van der Waals surface area contributed by atoms with Crippen LogP contribution in [0.15, 0.2) is 48.9 Å². The van der Waals surface area contributed by atoms with Crippen LogP contribution < -0.4 is 10.2 Å². The van der Waals surface area contributed by atoms with Gasteiger partial charge in [-0.25, -0.2) is 14.6 Å². The average molecular weight is 348 g/mol. The Labute approximate surface area is 151 Å². The molecule has 0 radical (unpaired) electrons. The number of rotatable bonds is 4. The summed E-state index contributed by atoms with van der Waals surface area (Å²) in [5.74, 6) is 1.43. The fourth-order valence-corrected chi connectivity index (χ4v) is 3.13. The Bertz CT molecular complexity index is 898. The lowest BCUT2D eigenvalue weighted by molar-refractivity contribution is 0.102. The molecule has 4 rings (SSSR count). The first-order valence-corrected chi connectivity index (χ1v) is 8.71. The molecule has 7 nitrogen and oxygen atoms in total. The lowest BCUT2D eigenvalue weighted by atomic mass is 10.2. The van der Waals surface area contributed by atoms with Gasteiger partial charge in [-0.15, -0.1) is 0 Å². The monoisotopic (exact) mass is 348 g/mol. The number of nitrogens with zero attached hydrogens (tertiary/aromatic N) is 5. The molecule has 0 aromatic carbocycles. The van der Waals surface area contributed by atoms with Crippen LogP contribution in [0, 0.1) is 6.92 Å². The van der Waals surface area contributed by atoms with Crippen LogP contribution in [0.4, 0.5) is 11.5 Å². The van der Waals surface area contributed by atoms with Gasteiger partial charge in [0.25, 0.3) is 5.91 Å². The molecule has 0 atom stereocenters. The van der Waals surface area contributed by atoms with Crippen LogP contribution in [0.2, 0.25) is 0 Å². The van der Waals surface area contributed by atoms with Crippen LogP contribution in [-0.2, 0) is 0 Å². The van der Waals surface area contributed by atoms with Gasteiger partial charge in [0.15, 0.2) is 5.82 Å². The first kappa shape index (κ1) is 16.3. The van der Waals surface area contributed by atoms with E-state index >= 15 is 0 Å². The second-order valence-corrected chi connectivity index (χ2v) is 6.30. The van der Waals surface area contributed by atoms with Crippen LogP contribution in [-0.4, -0.2) is 38.7 Å². The zero-order valence-corrected chi connectivity index (χ0v) is 14.6. The fraction of sp³-hybridized carbons (Fsp3) is 0.263. The predicted molar refractivity (Wildman–Crippen MR) is 99.7 cm³/mol. The van der Waals surface area contributed by atoms with Gasteiger partial charge in [-0.3, -0.25) is 4.79 Å². The smallest absolute Gasteiger partial charge is 0.259 e. The summed E-state index contributed by atoms with van der Waals surface area (Å²) < 4.78 is 1.66. The number of nitrogens with one attached hydrogen (secondary N) is 1.